The highest BCUT2D eigenvalue weighted by molar-refractivity contribution is 5.91. The number of aromatic amines is 1. The predicted octanol–water partition coefficient (Wildman–Crippen LogP) is 4.74. The topological polar surface area (TPSA) is 107 Å². The summed E-state index contributed by atoms with van der Waals surface area (Å²) in [5.74, 6) is -0.637. The van der Waals surface area contributed by atoms with Gasteiger partial charge in [-0.25, -0.2) is 9.37 Å². The summed E-state index contributed by atoms with van der Waals surface area (Å²) in [4.78, 5) is 49.2. The van der Waals surface area contributed by atoms with E-state index in [2.05, 4.69) is 27.5 Å². The number of carbonyl (C=O) groups excluding carboxylic acids is 3. The SMILES string of the molecule is CC[C@H]1CCCCN1C(=O)CC[C@H](NC(=O)[C@H]1C[C@@H]1c1ccccc1)C(=O)N[C@@H](C)c1nc2c(F)cccc2[nH]1. The van der Waals surface area contributed by atoms with Crippen LogP contribution in [0.4, 0.5) is 4.39 Å². The number of hydrogen-bond donors (Lipinski definition) is 3. The molecule has 2 aliphatic rings. The van der Waals surface area contributed by atoms with Crippen molar-refractivity contribution >= 4 is 28.8 Å². The van der Waals surface area contributed by atoms with Crippen molar-refractivity contribution in [1.82, 2.24) is 25.5 Å². The van der Waals surface area contributed by atoms with Gasteiger partial charge in [0.15, 0.2) is 5.82 Å². The smallest absolute Gasteiger partial charge is 0.243 e. The zero-order valence-corrected chi connectivity index (χ0v) is 23.2. The summed E-state index contributed by atoms with van der Waals surface area (Å²) in [6.45, 7) is 4.58. The van der Waals surface area contributed by atoms with Crippen molar-refractivity contribution in [2.24, 2.45) is 5.92 Å². The maximum absolute atomic E-state index is 14.2. The number of amides is 3. The molecule has 5 rings (SSSR count). The standard InChI is InChI=1S/C31H38FN5O3/c1-3-21-12-7-8-17-37(21)27(38)16-15-26(35-30(39)23-18-22(23)20-10-5-4-6-11-20)31(40)33-19(2)29-34-25-14-9-13-24(32)28(25)36-29/h4-6,9-11,13-14,19,21-23,26H,3,7-8,12,15-18H2,1-2H3,(H,33,40)(H,34,36)(H,35,39)/t19-,21-,22+,23-,26-/m0/s1. The molecule has 1 aliphatic heterocycles. The van der Waals surface area contributed by atoms with E-state index in [1.807, 2.05) is 35.2 Å². The highest BCUT2D eigenvalue weighted by Gasteiger charge is 2.44. The number of nitrogens with one attached hydrogen (secondary N) is 3. The van der Waals surface area contributed by atoms with E-state index < -0.39 is 23.8 Å². The summed E-state index contributed by atoms with van der Waals surface area (Å²) in [5.41, 5.74) is 1.86. The Morgan fingerprint density at radius 2 is 1.90 bits per heavy atom. The third kappa shape index (κ3) is 6.18. The minimum Gasteiger partial charge on any atom is -0.345 e. The quantitative estimate of drug-likeness (QED) is 0.341. The van der Waals surface area contributed by atoms with Crippen LogP contribution in [-0.4, -0.2) is 51.2 Å². The number of H-pyrrole nitrogens is 1. The van der Waals surface area contributed by atoms with Crippen molar-refractivity contribution in [1.29, 1.82) is 0 Å². The zero-order valence-electron chi connectivity index (χ0n) is 23.2. The summed E-state index contributed by atoms with van der Waals surface area (Å²) in [5, 5.41) is 5.85. The Kier molecular flexibility index (Phi) is 8.47. The molecule has 40 heavy (non-hydrogen) atoms. The molecular weight excluding hydrogens is 509 g/mol. The lowest BCUT2D eigenvalue weighted by atomic mass is 9.99. The van der Waals surface area contributed by atoms with Gasteiger partial charge in [0.05, 0.1) is 11.6 Å². The lowest BCUT2D eigenvalue weighted by Crippen LogP contribution is -2.49. The number of hydrogen-bond acceptors (Lipinski definition) is 4. The first-order valence-corrected chi connectivity index (χ1v) is 14.4. The summed E-state index contributed by atoms with van der Waals surface area (Å²) < 4.78 is 14.2. The molecule has 0 radical (unpaired) electrons. The number of piperidine rings is 1. The van der Waals surface area contributed by atoms with Gasteiger partial charge in [0.1, 0.15) is 17.4 Å². The van der Waals surface area contributed by atoms with Crippen LogP contribution >= 0.6 is 0 Å². The van der Waals surface area contributed by atoms with Gasteiger partial charge in [-0.1, -0.05) is 43.3 Å². The minimum absolute atomic E-state index is 0.0213. The Balaban J connectivity index is 1.27. The summed E-state index contributed by atoms with van der Waals surface area (Å²) in [6.07, 6.45) is 5.12. The largest absolute Gasteiger partial charge is 0.345 e. The van der Waals surface area contributed by atoms with Crippen molar-refractivity contribution in [3.63, 3.8) is 0 Å². The first-order valence-electron chi connectivity index (χ1n) is 14.4. The Morgan fingerprint density at radius 1 is 1.10 bits per heavy atom. The average molecular weight is 548 g/mol. The molecule has 212 valence electrons. The van der Waals surface area contributed by atoms with Crippen LogP contribution in [0.1, 0.15) is 82.1 Å². The van der Waals surface area contributed by atoms with E-state index >= 15 is 0 Å². The van der Waals surface area contributed by atoms with E-state index in [-0.39, 0.29) is 48.1 Å². The number of carbonyl (C=O) groups is 3. The second-order valence-electron chi connectivity index (χ2n) is 11.1. The van der Waals surface area contributed by atoms with Gasteiger partial charge in [0, 0.05) is 24.9 Å². The van der Waals surface area contributed by atoms with E-state index in [9.17, 15) is 18.8 Å². The third-order valence-corrected chi connectivity index (χ3v) is 8.30. The van der Waals surface area contributed by atoms with Gasteiger partial charge in [-0.3, -0.25) is 14.4 Å². The first kappa shape index (κ1) is 27.8. The Morgan fingerprint density at radius 3 is 2.65 bits per heavy atom. The van der Waals surface area contributed by atoms with Crippen molar-refractivity contribution < 1.29 is 18.8 Å². The van der Waals surface area contributed by atoms with Crippen LogP contribution in [0.25, 0.3) is 11.0 Å². The average Bonchev–Trinajstić information content (AvgIpc) is 3.66. The molecule has 2 fully saturated rings. The predicted molar refractivity (Wildman–Crippen MR) is 151 cm³/mol. The summed E-state index contributed by atoms with van der Waals surface area (Å²) in [7, 11) is 0. The Hall–Kier alpha value is -3.75. The van der Waals surface area contributed by atoms with Gasteiger partial charge in [-0.05, 0) is 69.1 Å². The normalized spacial score (nSPS) is 22.0. The number of halogens is 1. The van der Waals surface area contributed by atoms with Crippen LogP contribution in [0.5, 0.6) is 0 Å². The molecular formula is C31H38FN5O3. The van der Waals surface area contributed by atoms with Gasteiger partial charge in [-0.2, -0.15) is 0 Å². The third-order valence-electron chi connectivity index (χ3n) is 8.30. The number of benzene rings is 2. The van der Waals surface area contributed by atoms with Gasteiger partial charge in [0.25, 0.3) is 0 Å². The lowest BCUT2D eigenvalue weighted by molar-refractivity contribution is -0.136. The fraction of sp³-hybridized carbons (Fsp3) is 0.484. The molecule has 0 spiro atoms. The van der Waals surface area contributed by atoms with Gasteiger partial charge in [-0.15, -0.1) is 0 Å². The zero-order chi connectivity index (χ0) is 28.2. The molecule has 2 aromatic carbocycles. The van der Waals surface area contributed by atoms with Gasteiger partial charge < -0.3 is 20.5 Å². The molecule has 1 saturated carbocycles. The molecule has 8 nitrogen and oxygen atoms in total. The van der Waals surface area contributed by atoms with Crippen molar-refractivity contribution in [3.05, 3.63) is 65.7 Å². The highest BCUT2D eigenvalue weighted by atomic mass is 19.1. The Bertz CT molecular complexity index is 1360. The van der Waals surface area contributed by atoms with Gasteiger partial charge >= 0.3 is 0 Å². The molecule has 9 heteroatoms. The highest BCUT2D eigenvalue weighted by Crippen LogP contribution is 2.47. The van der Waals surface area contributed by atoms with Crippen LogP contribution < -0.4 is 10.6 Å². The molecule has 1 aromatic heterocycles. The van der Waals surface area contributed by atoms with E-state index in [1.165, 1.54) is 6.07 Å². The fourth-order valence-electron chi connectivity index (χ4n) is 5.87. The van der Waals surface area contributed by atoms with Crippen molar-refractivity contribution in [2.45, 2.75) is 82.8 Å². The van der Waals surface area contributed by atoms with Crippen LogP contribution in [0, 0.1) is 11.7 Å². The number of aromatic nitrogens is 2. The Labute approximate surface area is 234 Å². The molecule has 1 saturated heterocycles. The monoisotopic (exact) mass is 547 g/mol. The summed E-state index contributed by atoms with van der Waals surface area (Å²) >= 11 is 0. The molecule has 2 heterocycles. The number of likely N-dealkylation sites (tertiary alicyclic amines) is 1. The summed E-state index contributed by atoms with van der Waals surface area (Å²) in [6, 6.07) is 13.4. The molecule has 0 bridgehead atoms. The second kappa shape index (κ2) is 12.2. The second-order valence-corrected chi connectivity index (χ2v) is 11.1. The van der Waals surface area contributed by atoms with E-state index in [1.54, 1.807) is 19.1 Å². The number of para-hydroxylation sites is 1. The molecule has 1 aliphatic carbocycles. The molecule has 3 aromatic rings. The minimum atomic E-state index is -0.873. The van der Waals surface area contributed by atoms with Crippen molar-refractivity contribution in [2.75, 3.05) is 6.54 Å². The number of nitrogens with zero attached hydrogens (tertiary/aromatic N) is 2. The lowest BCUT2D eigenvalue weighted by Gasteiger charge is -2.35. The van der Waals surface area contributed by atoms with Crippen LogP contribution in [0.2, 0.25) is 0 Å². The van der Waals surface area contributed by atoms with Crippen LogP contribution in [-0.2, 0) is 14.4 Å². The maximum atomic E-state index is 14.2. The van der Waals surface area contributed by atoms with Crippen LogP contribution in [0.3, 0.4) is 0 Å². The molecule has 3 N–H and O–H groups in total. The number of imidazole rings is 1. The maximum Gasteiger partial charge on any atom is 0.243 e. The number of rotatable bonds is 10. The van der Waals surface area contributed by atoms with E-state index in [4.69, 9.17) is 0 Å². The first-order chi connectivity index (χ1) is 19.4. The van der Waals surface area contributed by atoms with E-state index in [0.29, 0.717) is 11.3 Å². The molecule has 5 atom stereocenters. The van der Waals surface area contributed by atoms with Crippen molar-refractivity contribution in [3.8, 4) is 0 Å². The van der Waals surface area contributed by atoms with Crippen LogP contribution in [0.15, 0.2) is 48.5 Å². The molecule has 0 unspecified atom stereocenters. The molecule has 3 amide bonds. The number of fused-ring (bicyclic) bond motifs is 1. The van der Waals surface area contributed by atoms with E-state index in [0.717, 1.165) is 44.2 Å². The van der Waals surface area contributed by atoms with Gasteiger partial charge in [0.2, 0.25) is 17.7 Å². The fourth-order valence-corrected chi connectivity index (χ4v) is 5.87.